The molecule has 4 aliphatic heterocycles. The van der Waals surface area contributed by atoms with E-state index in [-0.39, 0.29) is 0 Å². The second-order valence-electron chi connectivity index (χ2n) is 6.52. The third-order valence-corrected chi connectivity index (χ3v) is 5.24. The van der Waals surface area contributed by atoms with Crippen LogP contribution >= 0.6 is 0 Å². The first-order valence-electron chi connectivity index (χ1n) is 8.13. The van der Waals surface area contributed by atoms with Gasteiger partial charge in [-0.3, -0.25) is 4.90 Å². The van der Waals surface area contributed by atoms with Crippen LogP contribution < -0.4 is 14.8 Å². The van der Waals surface area contributed by atoms with Crippen LogP contribution in [0.2, 0.25) is 0 Å². The smallest absolute Gasteiger partial charge is 0.231 e. The van der Waals surface area contributed by atoms with E-state index in [0.29, 0.717) is 18.8 Å². The molecule has 5 rings (SSSR count). The summed E-state index contributed by atoms with van der Waals surface area (Å²) in [7, 11) is 0. The summed E-state index contributed by atoms with van der Waals surface area (Å²) in [5.74, 6) is 5.88. The molecule has 4 unspecified atom stereocenters. The maximum Gasteiger partial charge on any atom is 0.231 e. The third-order valence-electron chi connectivity index (χ3n) is 5.24. The summed E-state index contributed by atoms with van der Waals surface area (Å²) in [6.45, 7) is 4.52. The Morgan fingerprint density at radius 1 is 1.32 bits per heavy atom. The van der Waals surface area contributed by atoms with E-state index in [0.717, 1.165) is 37.1 Å². The van der Waals surface area contributed by atoms with Crippen molar-refractivity contribution in [2.45, 2.75) is 25.4 Å². The van der Waals surface area contributed by atoms with Crippen LogP contribution in [0.1, 0.15) is 18.4 Å². The molecule has 1 aromatic rings. The van der Waals surface area contributed by atoms with Gasteiger partial charge in [0.15, 0.2) is 11.5 Å². The van der Waals surface area contributed by atoms with Crippen LogP contribution in [-0.2, 0) is 6.54 Å². The van der Waals surface area contributed by atoms with Crippen molar-refractivity contribution in [2.75, 3.05) is 26.4 Å². The van der Waals surface area contributed by atoms with Crippen LogP contribution in [0.15, 0.2) is 18.2 Å². The van der Waals surface area contributed by atoms with Crippen molar-refractivity contribution in [3.8, 4) is 23.8 Å². The molecule has 3 saturated heterocycles. The molecule has 4 heteroatoms. The number of nitrogens with one attached hydrogen (secondary N) is 1. The first-order valence-corrected chi connectivity index (χ1v) is 8.13. The lowest BCUT2D eigenvalue weighted by Crippen LogP contribution is -2.55. The van der Waals surface area contributed by atoms with Gasteiger partial charge in [-0.2, -0.15) is 0 Å². The van der Waals surface area contributed by atoms with Gasteiger partial charge in [0.2, 0.25) is 6.79 Å². The number of nitrogens with zero attached hydrogens (tertiary/aromatic N) is 1. The second kappa shape index (κ2) is 5.83. The summed E-state index contributed by atoms with van der Waals surface area (Å²) in [6.07, 6.45) is 8.15. The minimum atomic E-state index is 0.334. The average Bonchev–Trinajstić information content (AvgIpc) is 3.03. The molecule has 0 radical (unpaired) electrons. The zero-order chi connectivity index (χ0) is 14.9. The Bertz CT molecular complexity index is 595. The van der Waals surface area contributed by atoms with Crippen LogP contribution in [0, 0.1) is 24.2 Å². The fraction of sp³-hybridized carbons (Fsp3) is 0.556. The summed E-state index contributed by atoms with van der Waals surface area (Å²) in [6, 6.07) is 6.79. The molecule has 116 valence electrons. The van der Waals surface area contributed by atoms with E-state index >= 15 is 0 Å². The van der Waals surface area contributed by atoms with Crippen molar-refractivity contribution in [1.82, 2.24) is 10.2 Å². The Labute approximate surface area is 131 Å². The number of rotatable bonds is 4. The molecule has 22 heavy (non-hydrogen) atoms. The molecule has 4 atom stereocenters. The molecule has 0 aromatic heterocycles. The van der Waals surface area contributed by atoms with Gasteiger partial charge in [0.1, 0.15) is 0 Å². The molecule has 0 saturated carbocycles. The zero-order valence-corrected chi connectivity index (χ0v) is 12.8. The zero-order valence-electron chi connectivity index (χ0n) is 12.8. The van der Waals surface area contributed by atoms with Gasteiger partial charge in [-0.15, -0.1) is 12.3 Å². The Balaban J connectivity index is 1.30. The molecule has 0 aliphatic carbocycles. The van der Waals surface area contributed by atoms with Crippen molar-refractivity contribution in [3.63, 3.8) is 0 Å². The van der Waals surface area contributed by atoms with Crippen molar-refractivity contribution >= 4 is 0 Å². The van der Waals surface area contributed by atoms with E-state index < -0.39 is 0 Å². The first kappa shape index (κ1) is 13.9. The molecule has 2 bridgehead atoms. The largest absolute Gasteiger partial charge is 0.454 e. The topological polar surface area (TPSA) is 33.7 Å². The third kappa shape index (κ3) is 2.55. The monoisotopic (exact) mass is 298 g/mol. The maximum atomic E-state index is 5.64. The van der Waals surface area contributed by atoms with Gasteiger partial charge in [-0.1, -0.05) is 6.07 Å². The molecule has 0 amide bonds. The van der Waals surface area contributed by atoms with Crippen molar-refractivity contribution in [2.24, 2.45) is 11.8 Å². The fourth-order valence-corrected chi connectivity index (χ4v) is 3.97. The quantitative estimate of drug-likeness (QED) is 0.860. The molecule has 4 nitrogen and oxygen atoms in total. The lowest BCUT2D eigenvalue weighted by atomic mass is 9.76. The number of piperidine rings is 3. The van der Waals surface area contributed by atoms with Crippen LogP contribution in [0.5, 0.6) is 11.5 Å². The summed E-state index contributed by atoms with van der Waals surface area (Å²) in [5.41, 5.74) is 1.24. The Morgan fingerprint density at radius 2 is 2.23 bits per heavy atom. The van der Waals surface area contributed by atoms with E-state index in [1.165, 1.54) is 24.9 Å². The second-order valence-corrected chi connectivity index (χ2v) is 6.52. The predicted molar refractivity (Wildman–Crippen MR) is 84.7 cm³/mol. The fourth-order valence-electron chi connectivity index (χ4n) is 3.97. The average molecular weight is 298 g/mol. The Kier molecular flexibility index (Phi) is 3.69. The molecule has 3 fully saturated rings. The van der Waals surface area contributed by atoms with Crippen LogP contribution in [-0.4, -0.2) is 37.4 Å². The van der Waals surface area contributed by atoms with E-state index in [9.17, 15) is 0 Å². The van der Waals surface area contributed by atoms with Gasteiger partial charge >= 0.3 is 0 Å². The lowest BCUT2D eigenvalue weighted by molar-refractivity contribution is 0.0227. The van der Waals surface area contributed by atoms with E-state index in [1.807, 2.05) is 6.07 Å². The van der Waals surface area contributed by atoms with Crippen LogP contribution in [0.3, 0.4) is 0 Å². The molecule has 4 aliphatic rings. The van der Waals surface area contributed by atoms with E-state index in [4.69, 9.17) is 15.9 Å². The van der Waals surface area contributed by atoms with Gasteiger partial charge in [0.05, 0.1) is 0 Å². The first-order chi connectivity index (χ1) is 10.8. The highest BCUT2D eigenvalue weighted by atomic mass is 16.7. The van der Waals surface area contributed by atoms with E-state index in [1.54, 1.807) is 0 Å². The number of ether oxygens (including phenoxy) is 2. The molecule has 1 aromatic carbocycles. The number of fused-ring (bicyclic) bond motifs is 4. The lowest BCUT2D eigenvalue weighted by Gasteiger charge is -2.48. The maximum absolute atomic E-state index is 5.64. The Morgan fingerprint density at radius 3 is 3.05 bits per heavy atom. The van der Waals surface area contributed by atoms with Gasteiger partial charge in [-0.25, -0.2) is 0 Å². The van der Waals surface area contributed by atoms with Crippen molar-refractivity contribution < 1.29 is 9.47 Å². The van der Waals surface area contributed by atoms with Gasteiger partial charge < -0.3 is 14.8 Å². The van der Waals surface area contributed by atoms with Gasteiger partial charge in [-0.05, 0) is 43.0 Å². The van der Waals surface area contributed by atoms with Crippen LogP contribution in [0.4, 0.5) is 0 Å². The summed E-state index contributed by atoms with van der Waals surface area (Å²) in [5, 5.41) is 3.59. The van der Waals surface area contributed by atoms with Gasteiger partial charge in [0.25, 0.3) is 0 Å². The highest BCUT2D eigenvalue weighted by molar-refractivity contribution is 5.44. The highest BCUT2D eigenvalue weighted by Gasteiger charge is 2.38. The summed E-state index contributed by atoms with van der Waals surface area (Å²) >= 11 is 0. The normalized spacial score (nSPS) is 32.0. The minimum absolute atomic E-state index is 0.334. The number of terminal acetylenes is 1. The van der Waals surface area contributed by atoms with E-state index in [2.05, 4.69) is 28.3 Å². The Hall–Kier alpha value is -1.70. The minimum Gasteiger partial charge on any atom is -0.454 e. The van der Waals surface area contributed by atoms with Crippen molar-refractivity contribution in [3.05, 3.63) is 23.8 Å². The number of benzene rings is 1. The molecule has 0 spiro atoms. The highest BCUT2D eigenvalue weighted by Crippen LogP contribution is 2.36. The molecular formula is C18H22N2O2. The summed E-state index contributed by atoms with van der Waals surface area (Å²) in [4.78, 5) is 2.57. The molecular weight excluding hydrogens is 276 g/mol. The number of hydrogen-bond acceptors (Lipinski definition) is 4. The standard InChI is InChI=1S/C18H22N2O2/c1-2-14-11-20-6-5-15(14)8-16(20)10-19-9-13-3-4-17-18(7-13)22-12-21-17/h1,3-4,7,14-16,19H,5-6,8-12H2. The van der Waals surface area contributed by atoms with Gasteiger partial charge in [0, 0.05) is 31.6 Å². The predicted octanol–water partition coefficient (Wildman–Crippen LogP) is 1.85. The van der Waals surface area contributed by atoms with Crippen LogP contribution in [0.25, 0.3) is 0 Å². The summed E-state index contributed by atoms with van der Waals surface area (Å²) < 4.78 is 10.8. The molecule has 1 N–H and O–H groups in total. The molecule has 4 heterocycles. The SMILES string of the molecule is C#CC1CN2CCC1CC2CNCc1ccc2c(c1)OCO2. The number of hydrogen-bond donors (Lipinski definition) is 1. The van der Waals surface area contributed by atoms with Crippen molar-refractivity contribution in [1.29, 1.82) is 0 Å².